The monoisotopic (exact) mass is 318 g/mol. The van der Waals surface area contributed by atoms with Gasteiger partial charge in [0.2, 0.25) is 0 Å². The van der Waals surface area contributed by atoms with Gasteiger partial charge < -0.3 is 0 Å². The zero-order chi connectivity index (χ0) is 14.8. The molecule has 0 unspecified atom stereocenters. The third kappa shape index (κ3) is 3.86. The quantitative estimate of drug-likeness (QED) is 0.603. The van der Waals surface area contributed by atoms with Crippen molar-refractivity contribution in [1.82, 2.24) is 9.97 Å². The van der Waals surface area contributed by atoms with Crippen LogP contribution in [0.3, 0.4) is 0 Å². The SMILES string of the molecule is Cc1cc(C(F)(F)F)nc(SCc2ccccc2Cl)n1. The van der Waals surface area contributed by atoms with E-state index in [1.807, 2.05) is 12.1 Å². The van der Waals surface area contributed by atoms with E-state index < -0.39 is 11.9 Å². The number of benzene rings is 1. The van der Waals surface area contributed by atoms with Gasteiger partial charge in [0.15, 0.2) is 5.16 Å². The predicted octanol–water partition coefficient (Wildman–Crippen LogP) is 4.75. The normalized spacial score (nSPS) is 11.7. The van der Waals surface area contributed by atoms with Crippen LogP contribution in [-0.4, -0.2) is 9.97 Å². The molecule has 0 amide bonds. The lowest BCUT2D eigenvalue weighted by atomic mass is 10.2. The van der Waals surface area contributed by atoms with Crippen LogP contribution >= 0.6 is 23.4 Å². The highest BCUT2D eigenvalue weighted by Gasteiger charge is 2.33. The minimum Gasteiger partial charge on any atom is -0.228 e. The first-order chi connectivity index (χ1) is 9.36. The number of hydrogen-bond donors (Lipinski definition) is 0. The number of nitrogens with zero attached hydrogens (tertiary/aromatic N) is 2. The molecule has 0 spiro atoms. The number of hydrogen-bond acceptors (Lipinski definition) is 3. The van der Waals surface area contributed by atoms with Crippen molar-refractivity contribution in [3.8, 4) is 0 Å². The minimum absolute atomic E-state index is 0.0947. The minimum atomic E-state index is -4.46. The van der Waals surface area contributed by atoms with Gasteiger partial charge in [-0.25, -0.2) is 9.97 Å². The Bertz CT molecular complexity index is 617. The number of aromatic nitrogens is 2. The lowest BCUT2D eigenvalue weighted by Crippen LogP contribution is -2.10. The maximum absolute atomic E-state index is 12.7. The van der Waals surface area contributed by atoms with Gasteiger partial charge in [0.1, 0.15) is 5.69 Å². The van der Waals surface area contributed by atoms with Gasteiger partial charge >= 0.3 is 6.18 Å². The van der Waals surface area contributed by atoms with Gasteiger partial charge in [-0.2, -0.15) is 13.2 Å². The third-order valence-electron chi connectivity index (χ3n) is 2.44. The molecule has 0 atom stereocenters. The molecule has 1 aromatic carbocycles. The second-order valence-electron chi connectivity index (χ2n) is 4.05. The molecular weight excluding hydrogens is 309 g/mol. The average molecular weight is 319 g/mol. The van der Waals surface area contributed by atoms with Gasteiger partial charge in [0.25, 0.3) is 0 Å². The summed E-state index contributed by atoms with van der Waals surface area (Å²) in [6.45, 7) is 1.51. The highest BCUT2D eigenvalue weighted by atomic mass is 35.5. The first-order valence-corrected chi connectivity index (χ1v) is 7.01. The van der Waals surface area contributed by atoms with E-state index in [-0.39, 0.29) is 10.9 Å². The summed E-state index contributed by atoms with van der Waals surface area (Å²) in [7, 11) is 0. The lowest BCUT2D eigenvalue weighted by molar-refractivity contribution is -0.141. The van der Waals surface area contributed by atoms with Crippen LogP contribution < -0.4 is 0 Å². The highest BCUT2D eigenvalue weighted by Crippen LogP contribution is 2.30. The van der Waals surface area contributed by atoms with E-state index in [0.29, 0.717) is 10.8 Å². The summed E-state index contributed by atoms with van der Waals surface area (Å²) < 4.78 is 38.0. The van der Waals surface area contributed by atoms with E-state index in [1.165, 1.54) is 6.92 Å². The van der Waals surface area contributed by atoms with Crippen molar-refractivity contribution in [3.05, 3.63) is 52.3 Å². The molecule has 7 heteroatoms. The fourth-order valence-electron chi connectivity index (χ4n) is 1.51. The molecule has 0 radical (unpaired) electrons. The second kappa shape index (κ2) is 6.01. The van der Waals surface area contributed by atoms with Crippen LogP contribution in [0.25, 0.3) is 0 Å². The van der Waals surface area contributed by atoms with Crippen LogP contribution in [0, 0.1) is 6.92 Å². The number of rotatable bonds is 3. The molecule has 1 heterocycles. The van der Waals surface area contributed by atoms with Crippen molar-refractivity contribution in [2.24, 2.45) is 0 Å². The number of alkyl halides is 3. The van der Waals surface area contributed by atoms with Crippen molar-refractivity contribution in [2.45, 2.75) is 24.0 Å². The highest BCUT2D eigenvalue weighted by molar-refractivity contribution is 7.98. The summed E-state index contributed by atoms with van der Waals surface area (Å²) >= 11 is 7.12. The van der Waals surface area contributed by atoms with Crippen LogP contribution in [0.1, 0.15) is 17.0 Å². The Hall–Kier alpha value is -1.27. The van der Waals surface area contributed by atoms with Crippen molar-refractivity contribution in [1.29, 1.82) is 0 Å². The van der Waals surface area contributed by atoms with E-state index >= 15 is 0 Å². The van der Waals surface area contributed by atoms with Gasteiger partial charge in [0.05, 0.1) is 0 Å². The summed E-state index contributed by atoms with van der Waals surface area (Å²) in [4.78, 5) is 7.53. The summed E-state index contributed by atoms with van der Waals surface area (Å²) in [6, 6.07) is 8.09. The molecule has 2 nitrogen and oxygen atoms in total. The van der Waals surface area contributed by atoms with Gasteiger partial charge in [-0.1, -0.05) is 41.6 Å². The molecule has 106 valence electrons. The third-order valence-corrected chi connectivity index (χ3v) is 3.70. The molecule has 0 saturated heterocycles. The van der Waals surface area contributed by atoms with Crippen LogP contribution in [0.5, 0.6) is 0 Å². The Labute approximate surface area is 123 Å². The zero-order valence-corrected chi connectivity index (χ0v) is 12.0. The first-order valence-electron chi connectivity index (χ1n) is 5.65. The molecule has 0 aliphatic heterocycles. The Morgan fingerprint density at radius 1 is 1.20 bits per heavy atom. The second-order valence-corrected chi connectivity index (χ2v) is 5.40. The van der Waals surface area contributed by atoms with Crippen LogP contribution in [-0.2, 0) is 11.9 Å². The molecule has 2 aromatic rings. The molecule has 20 heavy (non-hydrogen) atoms. The average Bonchev–Trinajstić information content (AvgIpc) is 2.36. The maximum atomic E-state index is 12.7. The molecule has 2 rings (SSSR count). The molecule has 1 aromatic heterocycles. The Kier molecular flexibility index (Phi) is 4.55. The molecule has 0 bridgehead atoms. The van der Waals surface area contributed by atoms with Crippen molar-refractivity contribution in [2.75, 3.05) is 0 Å². The number of halogens is 4. The summed E-state index contributed by atoms with van der Waals surface area (Å²) in [6.07, 6.45) is -4.46. The molecule has 0 fully saturated rings. The van der Waals surface area contributed by atoms with E-state index in [4.69, 9.17) is 11.6 Å². The molecular formula is C13H10ClF3N2S. The van der Waals surface area contributed by atoms with Gasteiger partial charge in [-0.3, -0.25) is 0 Å². The molecule has 0 aliphatic rings. The largest absolute Gasteiger partial charge is 0.433 e. The smallest absolute Gasteiger partial charge is 0.228 e. The topological polar surface area (TPSA) is 25.8 Å². The predicted molar refractivity (Wildman–Crippen MR) is 72.8 cm³/mol. The number of aryl methyl sites for hydroxylation is 1. The standard InChI is InChI=1S/C13H10ClF3N2S/c1-8-6-11(13(15,16)17)19-12(18-8)20-7-9-4-2-3-5-10(9)14/h2-6H,7H2,1H3. The Balaban J connectivity index is 2.18. The van der Waals surface area contributed by atoms with Crippen LogP contribution in [0.2, 0.25) is 5.02 Å². The van der Waals surface area contributed by atoms with E-state index in [0.717, 1.165) is 23.4 Å². The molecule has 0 N–H and O–H groups in total. The van der Waals surface area contributed by atoms with Gasteiger partial charge in [-0.05, 0) is 24.6 Å². The summed E-state index contributed by atoms with van der Waals surface area (Å²) in [5.41, 5.74) is 0.193. The Morgan fingerprint density at radius 2 is 1.90 bits per heavy atom. The van der Waals surface area contributed by atoms with E-state index in [2.05, 4.69) is 9.97 Å². The van der Waals surface area contributed by atoms with Crippen molar-refractivity contribution in [3.63, 3.8) is 0 Å². The molecule has 0 aliphatic carbocycles. The lowest BCUT2D eigenvalue weighted by Gasteiger charge is -2.09. The zero-order valence-electron chi connectivity index (χ0n) is 10.4. The van der Waals surface area contributed by atoms with Gasteiger partial charge in [-0.15, -0.1) is 0 Å². The maximum Gasteiger partial charge on any atom is 0.433 e. The van der Waals surface area contributed by atoms with Crippen LogP contribution in [0.4, 0.5) is 13.2 Å². The van der Waals surface area contributed by atoms with Crippen LogP contribution in [0.15, 0.2) is 35.5 Å². The van der Waals surface area contributed by atoms with E-state index in [9.17, 15) is 13.2 Å². The van der Waals surface area contributed by atoms with Crippen molar-refractivity contribution >= 4 is 23.4 Å². The first kappa shape index (κ1) is 15.1. The fourth-order valence-corrected chi connectivity index (χ4v) is 2.70. The summed E-state index contributed by atoms with van der Waals surface area (Å²) in [5, 5.41) is 0.668. The molecule has 0 saturated carbocycles. The van der Waals surface area contributed by atoms with E-state index in [1.54, 1.807) is 12.1 Å². The van der Waals surface area contributed by atoms with Crippen molar-refractivity contribution < 1.29 is 13.2 Å². The fraction of sp³-hybridized carbons (Fsp3) is 0.231. The Morgan fingerprint density at radius 3 is 2.55 bits per heavy atom. The van der Waals surface area contributed by atoms with Gasteiger partial charge in [0, 0.05) is 16.5 Å². The number of thioether (sulfide) groups is 1. The summed E-state index contributed by atoms with van der Waals surface area (Å²) in [5.74, 6) is 0.417.